The summed E-state index contributed by atoms with van der Waals surface area (Å²) in [6, 6.07) is -1.91. The van der Waals surface area contributed by atoms with E-state index in [1.165, 1.54) is 0 Å². The van der Waals surface area contributed by atoms with Crippen LogP contribution in [0.15, 0.2) is 38.6 Å². The van der Waals surface area contributed by atoms with Crippen molar-refractivity contribution in [2.75, 3.05) is 13.1 Å². The molecule has 332 valence electrons. The third-order valence-electron chi connectivity index (χ3n) is 12.5. The molecule has 16 atom stereocenters. The van der Waals surface area contributed by atoms with Gasteiger partial charge in [0.05, 0.1) is 24.2 Å². The highest BCUT2D eigenvalue weighted by Crippen LogP contribution is 2.47. The standard InChI is InChI=1S/C41H58I4N2O12/c1-38(2)52-30-18(42)14-22(26(48)34(30)56-38)46(23-15-19(43)31-35(27(23)49)57-39(3,4)53-31)12-10-9-11-13-47(24-16-20(44)32-36(28(24)50)58-40(5,6)54-32)25-17-21(45)33-37(29(25)51)59-41(7,8)55-33/h14-17,22-37,48-51H,9-13H2,1-8H3/t22-,23-,24-,25-,26+,27+,28+,29+,30+,31+,32+,33+,34-,35-,36-,37-/m0/s1. The van der Waals surface area contributed by atoms with Gasteiger partial charge in [0.25, 0.3) is 0 Å². The molecule has 0 bridgehead atoms. The van der Waals surface area contributed by atoms with Crippen molar-refractivity contribution in [3.05, 3.63) is 38.6 Å². The Labute approximate surface area is 401 Å². The molecule has 0 unspecified atom stereocenters. The number of aliphatic hydroxyl groups excluding tert-OH is 4. The fourth-order valence-electron chi connectivity index (χ4n) is 10.1. The number of aliphatic hydroxyl groups is 4. The van der Waals surface area contributed by atoms with Crippen molar-refractivity contribution in [2.24, 2.45) is 0 Å². The molecule has 4 aliphatic heterocycles. The molecular weight excluding hydrogens is 1220 g/mol. The van der Waals surface area contributed by atoms with Crippen LogP contribution in [0.1, 0.15) is 74.7 Å². The zero-order valence-corrected chi connectivity index (χ0v) is 43.2. The zero-order valence-electron chi connectivity index (χ0n) is 34.5. The third kappa shape index (κ3) is 9.23. The fourth-order valence-corrected chi connectivity index (χ4v) is 13.5. The molecule has 4 heterocycles. The van der Waals surface area contributed by atoms with Gasteiger partial charge in [-0.1, -0.05) is 30.7 Å². The van der Waals surface area contributed by atoms with Crippen LogP contribution in [0.3, 0.4) is 0 Å². The quantitative estimate of drug-likeness (QED) is 0.169. The maximum atomic E-state index is 12.0. The number of halogens is 4. The summed E-state index contributed by atoms with van der Waals surface area (Å²) in [5.74, 6) is -3.39. The Kier molecular flexibility index (Phi) is 13.7. The molecule has 0 amide bonds. The lowest BCUT2D eigenvalue weighted by Gasteiger charge is -2.46. The Balaban J connectivity index is 1.04. The number of hydrogen-bond acceptors (Lipinski definition) is 14. The average Bonchev–Trinajstić information content (AvgIpc) is 3.87. The molecule has 4 N–H and O–H groups in total. The Morgan fingerprint density at radius 3 is 0.847 bits per heavy atom. The van der Waals surface area contributed by atoms with E-state index in [1.54, 1.807) is 0 Å². The second-order valence-electron chi connectivity index (χ2n) is 18.8. The van der Waals surface area contributed by atoms with Gasteiger partial charge < -0.3 is 58.3 Å². The highest BCUT2D eigenvalue weighted by molar-refractivity contribution is 14.1. The molecule has 0 aromatic rings. The van der Waals surface area contributed by atoms with E-state index in [4.69, 9.17) is 37.9 Å². The highest BCUT2D eigenvalue weighted by atomic mass is 127. The number of ether oxygens (including phenoxy) is 8. The van der Waals surface area contributed by atoms with Crippen molar-refractivity contribution < 1.29 is 58.3 Å². The van der Waals surface area contributed by atoms with E-state index in [9.17, 15) is 20.4 Å². The fraction of sp³-hybridized carbons (Fsp3) is 0.805. The lowest BCUT2D eigenvalue weighted by Crippen LogP contribution is -2.61. The van der Waals surface area contributed by atoms with Crippen LogP contribution < -0.4 is 0 Å². The monoisotopic (exact) mass is 1280 g/mol. The van der Waals surface area contributed by atoms with Crippen LogP contribution in [0.5, 0.6) is 0 Å². The molecule has 0 saturated carbocycles. The first-order valence-electron chi connectivity index (χ1n) is 20.6. The van der Waals surface area contributed by atoms with Crippen LogP contribution in [0.4, 0.5) is 0 Å². The predicted octanol–water partition coefficient (Wildman–Crippen LogP) is 5.09. The van der Waals surface area contributed by atoms with Gasteiger partial charge in [0.1, 0.15) is 73.2 Å². The van der Waals surface area contributed by atoms with Crippen molar-refractivity contribution in [1.29, 1.82) is 0 Å². The van der Waals surface area contributed by atoms with Crippen molar-refractivity contribution in [1.82, 2.24) is 9.80 Å². The minimum Gasteiger partial charge on any atom is -0.388 e. The van der Waals surface area contributed by atoms with Crippen LogP contribution in [-0.2, 0) is 37.9 Å². The van der Waals surface area contributed by atoms with Gasteiger partial charge in [-0.25, -0.2) is 0 Å². The normalized spacial score (nSPS) is 45.3. The minimum absolute atomic E-state index is 0.377. The van der Waals surface area contributed by atoms with E-state index in [-0.39, 0.29) is 24.4 Å². The topological polar surface area (TPSA) is 161 Å². The zero-order chi connectivity index (χ0) is 42.7. The molecule has 4 saturated heterocycles. The minimum atomic E-state index is -0.917. The van der Waals surface area contributed by atoms with Crippen molar-refractivity contribution >= 4 is 90.4 Å². The summed E-state index contributed by atoms with van der Waals surface area (Å²) in [6.07, 6.45) is 3.00. The summed E-state index contributed by atoms with van der Waals surface area (Å²) in [5, 5.41) is 48.0. The number of unbranched alkanes of at least 4 members (excludes halogenated alkanes) is 2. The lowest BCUT2D eigenvalue weighted by atomic mass is 9.87. The summed E-state index contributed by atoms with van der Waals surface area (Å²) in [7, 11) is 0. The molecule has 59 heavy (non-hydrogen) atoms. The summed E-state index contributed by atoms with van der Waals surface area (Å²) < 4.78 is 53.7. The Hall–Kier alpha value is 1.32. The summed E-state index contributed by atoms with van der Waals surface area (Å²) in [6.45, 7) is 16.0. The van der Waals surface area contributed by atoms with Gasteiger partial charge in [0.2, 0.25) is 0 Å². The van der Waals surface area contributed by atoms with Gasteiger partial charge >= 0.3 is 0 Å². The van der Waals surface area contributed by atoms with Crippen LogP contribution >= 0.6 is 90.4 Å². The van der Waals surface area contributed by atoms with E-state index in [1.807, 2.05) is 55.4 Å². The Bertz CT molecular complexity index is 1500. The van der Waals surface area contributed by atoms with E-state index >= 15 is 0 Å². The first-order valence-corrected chi connectivity index (χ1v) is 24.9. The van der Waals surface area contributed by atoms with E-state index in [2.05, 4.69) is 124 Å². The SMILES string of the molecule is CC1(C)O[C@H]2[C@H](O)[C@@H](N(CCCCCN([C@H]3C=C(I)[C@H]4OC(C)(C)O[C@H]4[C@@H]3O)[C@H]3C=C(I)[C@H]4OC(C)(C)O[C@H]4[C@@H]3O)[C@H]3C=C(I)[C@H]4OC(C)(C)O[C@H]4[C@@H]3O)C=C(I)[C@H]2O1. The van der Waals surface area contributed by atoms with E-state index in [0.29, 0.717) is 13.1 Å². The predicted molar refractivity (Wildman–Crippen MR) is 250 cm³/mol. The highest BCUT2D eigenvalue weighted by Gasteiger charge is 2.57. The number of rotatable bonds is 10. The molecule has 0 spiro atoms. The van der Waals surface area contributed by atoms with Crippen molar-refractivity contribution in [2.45, 2.75) is 195 Å². The third-order valence-corrected chi connectivity index (χ3v) is 16.4. The van der Waals surface area contributed by atoms with Crippen LogP contribution in [0.25, 0.3) is 0 Å². The van der Waals surface area contributed by atoms with Gasteiger partial charge in [-0.15, -0.1) is 0 Å². The van der Waals surface area contributed by atoms with E-state index in [0.717, 1.165) is 33.6 Å². The first-order chi connectivity index (χ1) is 27.5. The Morgan fingerprint density at radius 1 is 0.407 bits per heavy atom. The maximum Gasteiger partial charge on any atom is 0.164 e. The average molecular weight is 1280 g/mol. The molecule has 8 rings (SSSR count). The Morgan fingerprint density at radius 2 is 0.627 bits per heavy atom. The molecule has 0 aromatic carbocycles. The van der Waals surface area contributed by atoms with Gasteiger partial charge in [-0.05, 0) is 172 Å². The largest absolute Gasteiger partial charge is 0.388 e. The maximum absolute atomic E-state index is 12.0. The molecule has 4 fully saturated rings. The number of hydrogen-bond donors (Lipinski definition) is 4. The first kappa shape index (κ1) is 46.8. The molecule has 8 aliphatic rings. The molecule has 0 radical (unpaired) electrons. The molecule has 0 aromatic heterocycles. The van der Waals surface area contributed by atoms with Crippen molar-refractivity contribution in [3.63, 3.8) is 0 Å². The smallest absolute Gasteiger partial charge is 0.164 e. The summed E-state index contributed by atoms with van der Waals surface area (Å²) in [4.78, 5) is 4.37. The van der Waals surface area contributed by atoms with Gasteiger partial charge in [0.15, 0.2) is 23.1 Å². The van der Waals surface area contributed by atoms with Gasteiger partial charge in [-0.2, -0.15) is 0 Å². The molecule has 18 heteroatoms. The van der Waals surface area contributed by atoms with Crippen LogP contribution in [0.2, 0.25) is 0 Å². The molecular formula is C41H58I4N2O12. The number of nitrogens with zero attached hydrogens (tertiary/aromatic N) is 2. The summed E-state index contributed by atoms with van der Waals surface area (Å²) >= 11 is 9.16. The summed E-state index contributed by atoms with van der Waals surface area (Å²) in [5.41, 5.74) is 0. The van der Waals surface area contributed by atoms with Crippen LogP contribution in [-0.4, -0.2) is 164 Å². The van der Waals surface area contributed by atoms with Crippen molar-refractivity contribution in [3.8, 4) is 0 Å². The lowest BCUT2D eigenvalue weighted by molar-refractivity contribution is -0.162. The number of fused-ring (bicyclic) bond motifs is 4. The second-order valence-corrected chi connectivity index (χ2v) is 23.7. The molecule has 4 aliphatic carbocycles. The second kappa shape index (κ2) is 17.2. The van der Waals surface area contributed by atoms with Gasteiger partial charge in [0, 0.05) is 14.3 Å². The van der Waals surface area contributed by atoms with E-state index < -0.39 is 96.1 Å². The van der Waals surface area contributed by atoms with Crippen LogP contribution in [0, 0.1) is 0 Å². The molecule has 14 nitrogen and oxygen atoms in total. The van der Waals surface area contributed by atoms with Gasteiger partial charge in [-0.3, -0.25) is 9.80 Å².